The third-order valence-corrected chi connectivity index (χ3v) is 4.39. The van der Waals surface area contributed by atoms with E-state index in [2.05, 4.69) is 20.9 Å². The number of fused-ring (bicyclic) bond motifs is 1. The van der Waals surface area contributed by atoms with Gasteiger partial charge in [0.1, 0.15) is 5.82 Å². The van der Waals surface area contributed by atoms with Crippen LogP contribution in [0.2, 0.25) is 10.0 Å². The monoisotopic (exact) mass is 382 g/mol. The summed E-state index contributed by atoms with van der Waals surface area (Å²) in [6, 6.07) is 10.5. The highest BCUT2D eigenvalue weighted by Gasteiger charge is 2.11. The molecule has 0 radical (unpaired) electrons. The molecule has 3 rings (SSSR count). The molecule has 0 fully saturated rings. The van der Waals surface area contributed by atoms with Gasteiger partial charge in [0.25, 0.3) is 5.56 Å². The van der Waals surface area contributed by atoms with Crippen LogP contribution in [0.4, 0.5) is 0 Å². The van der Waals surface area contributed by atoms with Crippen LogP contribution in [-0.2, 0) is 0 Å². The molecule has 1 heterocycles. The third kappa shape index (κ3) is 2.59. The van der Waals surface area contributed by atoms with Crippen molar-refractivity contribution in [3.63, 3.8) is 0 Å². The first-order chi connectivity index (χ1) is 9.97. The van der Waals surface area contributed by atoms with Crippen LogP contribution in [-0.4, -0.2) is 9.55 Å². The van der Waals surface area contributed by atoms with Gasteiger partial charge < -0.3 is 0 Å². The Labute approximate surface area is 139 Å². The Kier molecular flexibility index (Phi) is 3.78. The Balaban J connectivity index is 2.36. The number of nitrogens with zero attached hydrogens (tertiary/aromatic N) is 2. The molecule has 3 aromatic rings. The molecule has 0 atom stereocenters. The summed E-state index contributed by atoms with van der Waals surface area (Å²) in [7, 11) is 0. The van der Waals surface area contributed by atoms with Gasteiger partial charge in [-0.05, 0) is 43.3 Å². The highest BCUT2D eigenvalue weighted by atomic mass is 79.9. The van der Waals surface area contributed by atoms with Gasteiger partial charge in [0.05, 0.1) is 26.6 Å². The van der Waals surface area contributed by atoms with Gasteiger partial charge in [0, 0.05) is 4.47 Å². The van der Waals surface area contributed by atoms with Crippen LogP contribution in [0.25, 0.3) is 16.6 Å². The molecule has 0 bridgehead atoms. The predicted molar refractivity (Wildman–Crippen MR) is 89.8 cm³/mol. The molecule has 3 nitrogen and oxygen atoms in total. The standard InChI is InChI=1S/C15H9BrCl2N2O/c1-8-19-14-5-2-9(16)6-11(14)15(21)20(8)10-3-4-12(17)13(18)7-10/h2-7H,1H3. The summed E-state index contributed by atoms with van der Waals surface area (Å²) in [6.07, 6.45) is 0. The normalized spacial score (nSPS) is 11.0. The molecule has 2 aromatic carbocycles. The maximum Gasteiger partial charge on any atom is 0.266 e. The topological polar surface area (TPSA) is 34.9 Å². The van der Waals surface area contributed by atoms with E-state index in [1.54, 1.807) is 31.2 Å². The molecule has 0 N–H and O–H groups in total. The number of benzene rings is 2. The van der Waals surface area contributed by atoms with Gasteiger partial charge in [0.2, 0.25) is 0 Å². The second-order valence-corrected chi connectivity index (χ2v) is 6.29. The molecular formula is C15H9BrCl2N2O. The zero-order valence-electron chi connectivity index (χ0n) is 10.9. The fraction of sp³-hybridized carbons (Fsp3) is 0.0667. The average Bonchev–Trinajstić information content (AvgIpc) is 2.44. The first-order valence-electron chi connectivity index (χ1n) is 6.12. The fourth-order valence-electron chi connectivity index (χ4n) is 2.20. The van der Waals surface area contributed by atoms with Crippen molar-refractivity contribution in [3.8, 4) is 5.69 Å². The van der Waals surface area contributed by atoms with E-state index in [1.165, 1.54) is 4.57 Å². The molecule has 1 aromatic heterocycles. The van der Waals surface area contributed by atoms with Crippen LogP contribution in [0.15, 0.2) is 45.7 Å². The van der Waals surface area contributed by atoms with E-state index < -0.39 is 0 Å². The molecule has 0 amide bonds. The molecule has 0 saturated carbocycles. The maximum absolute atomic E-state index is 12.7. The maximum atomic E-state index is 12.7. The van der Waals surface area contributed by atoms with Crippen LogP contribution in [0, 0.1) is 6.92 Å². The Hall–Kier alpha value is -1.36. The largest absolute Gasteiger partial charge is 0.268 e. The molecule has 0 unspecified atom stereocenters. The van der Waals surface area contributed by atoms with Crippen LogP contribution < -0.4 is 5.56 Å². The van der Waals surface area contributed by atoms with Crippen molar-refractivity contribution in [1.29, 1.82) is 0 Å². The minimum atomic E-state index is -0.141. The number of hydrogen-bond acceptors (Lipinski definition) is 2. The first-order valence-corrected chi connectivity index (χ1v) is 7.66. The lowest BCUT2D eigenvalue weighted by atomic mass is 10.2. The van der Waals surface area contributed by atoms with E-state index in [4.69, 9.17) is 23.2 Å². The lowest BCUT2D eigenvalue weighted by molar-refractivity contribution is 0.895. The van der Waals surface area contributed by atoms with Crippen LogP contribution in [0.1, 0.15) is 5.82 Å². The summed E-state index contributed by atoms with van der Waals surface area (Å²) in [4.78, 5) is 17.2. The highest BCUT2D eigenvalue weighted by Crippen LogP contribution is 2.25. The zero-order chi connectivity index (χ0) is 15.1. The molecule has 0 aliphatic rings. The van der Waals surface area contributed by atoms with Gasteiger partial charge in [-0.1, -0.05) is 39.1 Å². The van der Waals surface area contributed by atoms with Gasteiger partial charge in [-0.3, -0.25) is 9.36 Å². The summed E-state index contributed by atoms with van der Waals surface area (Å²) in [5, 5.41) is 1.39. The summed E-state index contributed by atoms with van der Waals surface area (Å²) in [6.45, 7) is 1.78. The van der Waals surface area contributed by atoms with Gasteiger partial charge in [-0.25, -0.2) is 4.98 Å². The minimum Gasteiger partial charge on any atom is -0.268 e. The number of hydrogen-bond donors (Lipinski definition) is 0. The predicted octanol–water partition coefficient (Wildman–Crippen LogP) is 4.76. The van der Waals surface area contributed by atoms with Crippen molar-refractivity contribution < 1.29 is 0 Å². The Morgan fingerprint density at radius 1 is 1.10 bits per heavy atom. The quantitative estimate of drug-likeness (QED) is 0.606. The lowest BCUT2D eigenvalue weighted by Crippen LogP contribution is -2.22. The van der Waals surface area contributed by atoms with Crippen molar-refractivity contribution in [2.75, 3.05) is 0 Å². The molecule has 0 saturated heterocycles. The van der Waals surface area contributed by atoms with Crippen molar-refractivity contribution in [3.05, 3.63) is 67.1 Å². The Morgan fingerprint density at radius 2 is 1.86 bits per heavy atom. The molecule has 21 heavy (non-hydrogen) atoms. The van der Waals surface area contributed by atoms with Gasteiger partial charge >= 0.3 is 0 Å². The molecule has 6 heteroatoms. The van der Waals surface area contributed by atoms with E-state index >= 15 is 0 Å². The van der Waals surface area contributed by atoms with E-state index in [0.29, 0.717) is 32.5 Å². The van der Waals surface area contributed by atoms with Crippen LogP contribution >= 0.6 is 39.1 Å². The minimum absolute atomic E-state index is 0.141. The fourth-order valence-corrected chi connectivity index (χ4v) is 2.85. The second-order valence-electron chi connectivity index (χ2n) is 4.56. The average molecular weight is 384 g/mol. The smallest absolute Gasteiger partial charge is 0.266 e. The van der Waals surface area contributed by atoms with E-state index in [0.717, 1.165) is 4.47 Å². The third-order valence-electron chi connectivity index (χ3n) is 3.16. The summed E-state index contributed by atoms with van der Waals surface area (Å²) < 4.78 is 2.36. The SMILES string of the molecule is Cc1nc2ccc(Br)cc2c(=O)n1-c1ccc(Cl)c(Cl)c1. The molecule has 106 valence electrons. The van der Waals surface area contributed by atoms with Crippen molar-refractivity contribution in [1.82, 2.24) is 9.55 Å². The number of rotatable bonds is 1. The van der Waals surface area contributed by atoms with Crippen LogP contribution in [0.3, 0.4) is 0 Å². The highest BCUT2D eigenvalue weighted by molar-refractivity contribution is 9.10. The summed E-state index contributed by atoms with van der Waals surface area (Å²) in [5.74, 6) is 0.591. The molecular weight excluding hydrogens is 375 g/mol. The number of aryl methyl sites for hydroxylation is 1. The van der Waals surface area contributed by atoms with E-state index in [9.17, 15) is 4.79 Å². The van der Waals surface area contributed by atoms with Crippen LogP contribution in [0.5, 0.6) is 0 Å². The summed E-state index contributed by atoms with van der Waals surface area (Å²) >= 11 is 15.3. The Bertz CT molecular complexity index is 921. The number of aromatic nitrogens is 2. The van der Waals surface area contributed by atoms with Crippen molar-refractivity contribution in [2.24, 2.45) is 0 Å². The van der Waals surface area contributed by atoms with E-state index in [-0.39, 0.29) is 5.56 Å². The first kappa shape index (κ1) is 14.6. The summed E-state index contributed by atoms with van der Waals surface area (Å²) in [5.41, 5.74) is 1.16. The van der Waals surface area contributed by atoms with Crippen molar-refractivity contribution >= 4 is 50.0 Å². The Morgan fingerprint density at radius 3 is 2.57 bits per heavy atom. The molecule has 0 aliphatic carbocycles. The van der Waals surface area contributed by atoms with Gasteiger partial charge in [-0.15, -0.1) is 0 Å². The van der Waals surface area contributed by atoms with Gasteiger partial charge in [-0.2, -0.15) is 0 Å². The zero-order valence-corrected chi connectivity index (χ0v) is 14.0. The lowest BCUT2D eigenvalue weighted by Gasteiger charge is -2.11. The molecule has 0 aliphatic heterocycles. The number of halogens is 3. The van der Waals surface area contributed by atoms with Crippen molar-refractivity contribution in [2.45, 2.75) is 6.92 Å². The molecule has 0 spiro atoms. The second kappa shape index (κ2) is 5.44. The van der Waals surface area contributed by atoms with E-state index in [1.807, 2.05) is 12.1 Å². The van der Waals surface area contributed by atoms with Gasteiger partial charge in [0.15, 0.2) is 0 Å².